The molecule has 3 amide bonds. The van der Waals surface area contributed by atoms with Gasteiger partial charge in [0.1, 0.15) is 29.2 Å². The molecule has 0 radical (unpaired) electrons. The second kappa shape index (κ2) is 15.7. The van der Waals surface area contributed by atoms with Crippen molar-refractivity contribution in [1.29, 1.82) is 0 Å². The highest BCUT2D eigenvalue weighted by atomic mass is 32.2. The van der Waals surface area contributed by atoms with Crippen molar-refractivity contribution in [2.24, 2.45) is 4.99 Å². The summed E-state index contributed by atoms with van der Waals surface area (Å²) >= 11 is 2.83. The Bertz CT molecular complexity index is 1700. The summed E-state index contributed by atoms with van der Waals surface area (Å²) in [5, 5.41) is 2.09. The summed E-state index contributed by atoms with van der Waals surface area (Å²) in [6.45, 7) is 13.5. The number of nitrogens with zero attached hydrogens (tertiary/aromatic N) is 3. The van der Waals surface area contributed by atoms with Gasteiger partial charge in [0.2, 0.25) is 24.5 Å². The van der Waals surface area contributed by atoms with E-state index in [1.54, 1.807) is 46.8 Å². The van der Waals surface area contributed by atoms with Crippen LogP contribution in [0.2, 0.25) is 0 Å². The summed E-state index contributed by atoms with van der Waals surface area (Å²) in [5.41, 5.74) is 0.740. The number of benzene rings is 1. The highest BCUT2D eigenvalue weighted by molar-refractivity contribution is 8.02. The highest BCUT2D eigenvalue weighted by Gasteiger charge is 2.65. The monoisotopic (exact) mass is 774 g/mol. The normalized spacial score (nSPS) is 25.8. The van der Waals surface area contributed by atoms with Crippen molar-refractivity contribution < 1.29 is 52.5 Å². The summed E-state index contributed by atoms with van der Waals surface area (Å²) < 4.78 is 19.8. The standard InChI is InChI=1S/C36H46N4O11S2/c1-9-10-24(42)51-21-13-11-20(12-14-21)26(37-19(4)15-25(43)50-18(2)3)30(44)38-27-31(45)40-29(36(7,8)53-32(27)40)34(47)49-17-48-33(46)28-35(5,6)52-23-16-22(41)39(23)28/h11-14,18,23,26-29,32H,9-10,15-17H2,1-8H3,(H,38,44)/t23-,26?,27-,28+,29+,32-/m1/s1. The zero-order chi connectivity index (χ0) is 39.0. The second-order valence-corrected chi connectivity index (χ2v) is 18.3. The lowest BCUT2D eigenvalue weighted by Gasteiger charge is -2.44. The molecule has 1 aromatic rings. The summed E-state index contributed by atoms with van der Waals surface area (Å²) in [6.07, 6.45) is 0.737. The Morgan fingerprint density at radius 1 is 0.925 bits per heavy atom. The van der Waals surface area contributed by atoms with Crippen molar-refractivity contribution in [2.45, 2.75) is 132 Å². The fraction of sp³-hybridized carbons (Fsp3) is 0.611. The Hall–Kier alpha value is -4.12. The average molecular weight is 775 g/mol. The second-order valence-electron chi connectivity index (χ2n) is 14.6. The Balaban J connectivity index is 1.24. The van der Waals surface area contributed by atoms with E-state index in [1.807, 2.05) is 20.8 Å². The molecule has 0 aromatic heterocycles. The van der Waals surface area contributed by atoms with Gasteiger partial charge >= 0.3 is 23.9 Å². The number of β-lactam (4-membered cyclic amide) rings is 2. The quantitative estimate of drug-likeness (QED) is 0.0955. The summed E-state index contributed by atoms with van der Waals surface area (Å²) in [5.74, 6) is -3.34. The maximum absolute atomic E-state index is 13.9. The van der Waals surface area contributed by atoms with Gasteiger partial charge in [-0.05, 0) is 72.6 Å². The number of rotatable bonds is 14. The van der Waals surface area contributed by atoms with Crippen LogP contribution in [0.5, 0.6) is 5.75 Å². The van der Waals surface area contributed by atoms with Crippen LogP contribution in [-0.2, 0) is 47.8 Å². The van der Waals surface area contributed by atoms with E-state index in [9.17, 15) is 33.6 Å². The molecule has 0 aliphatic carbocycles. The number of amides is 3. The Morgan fingerprint density at radius 2 is 1.53 bits per heavy atom. The van der Waals surface area contributed by atoms with Gasteiger partial charge in [0.25, 0.3) is 0 Å². The van der Waals surface area contributed by atoms with Gasteiger partial charge in [-0.2, -0.15) is 0 Å². The van der Waals surface area contributed by atoms with E-state index >= 15 is 0 Å². The predicted molar refractivity (Wildman–Crippen MR) is 194 cm³/mol. The smallest absolute Gasteiger partial charge is 0.333 e. The lowest BCUT2D eigenvalue weighted by molar-refractivity contribution is -0.181. The molecule has 1 unspecified atom stereocenters. The largest absolute Gasteiger partial charge is 0.463 e. The number of thioether (sulfide) groups is 2. The molecule has 15 nitrogen and oxygen atoms in total. The van der Waals surface area contributed by atoms with Crippen LogP contribution >= 0.6 is 23.5 Å². The zero-order valence-electron chi connectivity index (χ0n) is 31.0. The fourth-order valence-corrected chi connectivity index (χ4v) is 10.0. The van der Waals surface area contributed by atoms with Gasteiger partial charge in [-0.1, -0.05) is 19.1 Å². The molecule has 17 heteroatoms. The molecule has 4 aliphatic rings. The number of aliphatic imine (C=N–C) groups is 1. The van der Waals surface area contributed by atoms with Gasteiger partial charge in [-0.25, -0.2) is 9.59 Å². The van der Waals surface area contributed by atoms with Crippen molar-refractivity contribution >= 4 is 70.8 Å². The minimum absolute atomic E-state index is 0.0845. The van der Waals surface area contributed by atoms with Crippen LogP contribution in [0.25, 0.3) is 0 Å². The number of nitrogens with one attached hydrogen (secondary N) is 1. The number of carbonyl (C=O) groups is 7. The van der Waals surface area contributed by atoms with E-state index in [2.05, 4.69) is 10.3 Å². The number of fused-ring (bicyclic) bond motifs is 2. The number of hydrogen-bond acceptors (Lipinski definition) is 14. The van der Waals surface area contributed by atoms with Crippen LogP contribution < -0.4 is 10.1 Å². The molecule has 0 spiro atoms. The third kappa shape index (κ3) is 8.50. The molecule has 0 bridgehead atoms. The number of ether oxygens (including phenoxy) is 4. The Labute approximate surface area is 316 Å². The van der Waals surface area contributed by atoms with Crippen LogP contribution in [0, 0.1) is 0 Å². The number of hydrogen-bond donors (Lipinski definition) is 1. The third-order valence-electron chi connectivity index (χ3n) is 9.16. The SMILES string of the molecule is CCCC(=O)Oc1ccc(C(N=C(C)CC(=O)OC(C)C)C(=O)N[C@@H]2C(=O)N3[C@@H]2SC(C)(C)[C@@H]3C(=O)OCOC(=O)[C@@H]2N3C(=O)C[C@H]3SC2(C)C)cc1. The predicted octanol–water partition coefficient (Wildman–Crippen LogP) is 3.28. The number of esters is 4. The molecule has 4 heterocycles. The van der Waals surface area contributed by atoms with Crippen LogP contribution in [0.15, 0.2) is 29.3 Å². The van der Waals surface area contributed by atoms with E-state index in [0.29, 0.717) is 24.1 Å². The molecule has 1 aromatic carbocycles. The van der Waals surface area contributed by atoms with Crippen molar-refractivity contribution in [3.8, 4) is 5.75 Å². The van der Waals surface area contributed by atoms with Gasteiger partial charge in [0, 0.05) is 21.6 Å². The topological polar surface area (TPSA) is 187 Å². The van der Waals surface area contributed by atoms with E-state index in [4.69, 9.17) is 18.9 Å². The van der Waals surface area contributed by atoms with E-state index in [-0.39, 0.29) is 36.0 Å². The van der Waals surface area contributed by atoms with Gasteiger partial charge in [0.15, 0.2) is 6.04 Å². The minimum Gasteiger partial charge on any atom is -0.463 e. The first kappa shape index (κ1) is 40.1. The molecule has 4 fully saturated rings. The van der Waals surface area contributed by atoms with Crippen molar-refractivity contribution in [3.05, 3.63) is 29.8 Å². The van der Waals surface area contributed by atoms with E-state index in [0.717, 1.165) is 0 Å². The van der Waals surface area contributed by atoms with Crippen LogP contribution in [-0.4, -0.2) is 108 Å². The first-order valence-corrected chi connectivity index (χ1v) is 19.3. The Kier molecular flexibility index (Phi) is 11.9. The molecule has 6 atom stereocenters. The maximum atomic E-state index is 13.9. The lowest BCUT2D eigenvalue weighted by atomic mass is 9.95. The molecular formula is C36H46N4O11S2. The molecule has 5 rings (SSSR count). The summed E-state index contributed by atoms with van der Waals surface area (Å²) in [6, 6.07) is 2.21. The van der Waals surface area contributed by atoms with Crippen molar-refractivity contribution in [2.75, 3.05) is 6.79 Å². The zero-order valence-corrected chi connectivity index (χ0v) is 32.7. The Morgan fingerprint density at radius 3 is 2.11 bits per heavy atom. The summed E-state index contributed by atoms with van der Waals surface area (Å²) in [7, 11) is 0. The van der Waals surface area contributed by atoms with Gasteiger partial charge in [-0.3, -0.25) is 29.0 Å². The first-order valence-electron chi connectivity index (χ1n) is 17.5. The lowest BCUT2D eigenvalue weighted by Crippen LogP contribution is -2.71. The van der Waals surface area contributed by atoms with E-state index < -0.39 is 81.5 Å². The van der Waals surface area contributed by atoms with E-state index in [1.165, 1.54) is 45.5 Å². The van der Waals surface area contributed by atoms with Gasteiger partial charge in [0.05, 0.1) is 24.3 Å². The van der Waals surface area contributed by atoms with Crippen LogP contribution in [0.4, 0.5) is 0 Å². The molecule has 288 valence electrons. The van der Waals surface area contributed by atoms with Crippen molar-refractivity contribution in [3.63, 3.8) is 0 Å². The molecule has 4 saturated heterocycles. The molecule has 1 N–H and O–H groups in total. The molecule has 0 saturated carbocycles. The van der Waals surface area contributed by atoms with Gasteiger partial charge < -0.3 is 34.1 Å². The average Bonchev–Trinajstić information content (AvgIpc) is 3.44. The summed E-state index contributed by atoms with van der Waals surface area (Å²) in [4.78, 5) is 97.6. The molecular weight excluding hydrogens is 729 g/mol. The minimum atomic E-state index is -1.18. The number of carbonyl (C=O) groups excluding carboxylic acids is 7. The fourth-order valence-electron chi connectivity index (χ4n) is 6.79. The van der Waals surface area contributed by atoms with Crippen LogP contribution in [0.3, 0.4) is 0 Å². The third-order valence-corrected chi connectivity index (χ3v) is 12.2. The first-order chi connectivity index (χ1) is 24.8. The molecule has 4 aliphatic heterocycles. The maximum Gasteiger partial charge on any atom is 0.333 e. The van der Waals surface area contributed by atoms with Gasteiger partial charge in [-0.15, -0.1) is 23.5 Å². The van der Waals surface area contributed by atoms with Crippen LogP contribution in [0.1, 0.15) is 92.7 Å². The van der Waals surface area contributed by atoms with Crippen molar-refractivity contribution in [1.82, 2.24) is 15.1 Å². The highest BCUT2D eigenvalue weighted by Crippen LogP contribution is 2.52. The molecule has 53 heavy (non-hydrogen) atoms.